The maximum Gasteiger partial charge on any atom is 0.280 e. The number of fused-ring (bicyclic) bond motifs is 1. The van der Waals surface area contributed by atoms with Gasteiger partial charge in [0.25, 0.3) is 5.91 Å². The molecule has 1 unspecified atom stereocenters. The van der Waals surface area contributed by atoms with Crippen molar-refractivity contribution in [1.29, 1.82) is 5.26 Å². The zero-order valence-corrected chi connectivity index (χ0v) is 13.8. The molecule has 1 atom stereocenters. The highest BCUT2D eigenvalue weighted by molar-refractivity contribution is 7.20. The largest absolute Gasteiger partial charge is 0.343 e. The Bertz CT molecular complexity index is 912. The average molecular weight is 342 g/mol. The number of hydrogen-bond donors (Lipinski definition) is 1. The van der Waals surface area contributed by atoms with Gasteiger partial charge in [-0.2, -0.15) is 5.26 Å². The van der Waals surface area contributed by atoms with Crippen LogP contribution in [0.25, 0.3) is 10.2 Å². The van der Waals surface area contributed by atoms with Gasteiger partial charge in [-0.05, 0) is 42.8 Å². The summed E-state index contributed by atoms with van der Waals surface area (Å²) >= 11 is 7.26. The number of carbonyl (C=O) groups is 1. The molecule has 2 aromatic carbocycles. The molecule has 4 nitrogen and oxygen atoms in total. The number of nitrogens with zero attached hydrogens (tertiary/aromatic N) is 2. The van der Waals surface area contributed by atoms with E-state index in [4.69, 9.17) is 16.9 Å². The standard InChI is InChI=1S/C17H12ClN3OS/c1-10(12-4-2-11(9-19)3-5-12)20-16(22)17-21-14-7-6-13(18)8-15(14)23-17/h2-8,10H,1H3,(H,20,22). The minimum atomic E-state index is -0.223. The van der Waals surface area contributed by atoms with Crippen molar-refractivity contribution in [2.45, 2.75) is 13.0 Å². The van der Waals surface area contributed by atoms with Crippen LogP contribution in [0.3, 0.4) is 0 Å². The third kappa shape index (κ3) is 3.34. The van der Waals surface area contributed by atoms with E-state index >= 15 is 0 Å². The van der Waals surface area contributed by atoms with Crippen LogP contribution < -0.4 is 5.32 Å². The van der Waals surface area contributed by atoms with Gasteiger partial charge in [-0.25, -0.2) is 4.98 Å². The molecule has 1 amide bonds. The number of benzene rings is 2. The molecule has 1 aromatic heterocycles. The maximum atomic E-state index is 12.4. The van der Waals surface area contributed by atoms with E-state index < -0.39 is 0 Å². The van der Waals surface area contributed by atoms with Crippen molar-refractivity contribution < 1.29 is 4.79 Å². The van der Waals surface area contributed by atoms with Crippen LogP contribution in [-0.2, 0) is 0 Å². The number of rotatable bonds is 3. The van der Waals surface area contributed by atoms with E-state index in [0.29, 0.717) is 15.6 Å². The quantitative estimate of drug-likeness (QED) is 0.771. The van der Waals surface area contributed by atoms with Crippen LogP contribution in [0.1, 0.15) is 33.9 Å². The minimum Gasteiger partial charge on any atom is -0.343 e. The molecular weight excluding hydrogens is 330 g/mol. The van der Waals surface area contributed by atoms with Crippen LogP contribution in [0.4, 0.5) is 0 Å². The Kier molecular flexibility index (Phi) is 4.28. The molecule has 3 aromatic rings. The number of carbonyl (C=O) groups excluding carboxylic acids is 1. The molecule has 0 spiro atoms. The number of halogens is 1. The highest BCUT2D eigenvalue weighted by Crippen LogP contribution is 2.25. The van der Waals surface area contributed by atoms with Gasteiger partial charge in [0.2, 0.25) is 0 Å². The molecule has 1 N–H and O–H groups in total. The van der Waals surface area contributed by atoms with Gasteiger partial charge in [0.15, 0.2) is 5.01 Å². The second kappa shape index (κ2) is 6.37. The Morgan fingerprint density at radius 1 is 1.30 bits per heavy atom. The minimum absolute atomic E-state index is 0.175. The van der Waals surface area contributed by atoms with Crippen LogP contribution in [0.2, 0.25) is 5.02 Å². The van der Waals surface area contributed by atoms with Crippen molar-refractivity contribution >= 4 is 39.1 Å². The van der Waals surface area contributed by atoms with Crippen LogP contribution >= 0.6 is 22.9 Å². The number of amides is 1. The molecule has 3 rings (SSSR count). The van der Waals surface area contributed by atoms with Crippen molar-refractivity contribution in [1.82, 2.24) is 10.3 Å². The first-order valence-electron chi connectivity index (χ1n) is 6.94. The van der Waals surface area contributed by atoms with Crippen LogP contribution in [0.15, 0.2) is 42.5 Å². The summed E-state index contributed by atoms with van der Waals surface area (Å²) in [6.45, 7) is 1.89. The summed E-state index contributed by atoms with van der Waals surface area (Å²) in [6, 6.07) is 14.4. The Labute approximate surface area is 142 Å². The molecule has 0 radical (unpaired) electrons. The molecule has 0 bridgehead atoms. The monoisotopic (exact) mass is 341 g/mol. The van der Waals surface area contributed by atoms with Crippen molar-refractivity contribution in [3.63, 3.8) is 0 Å². The summed E-state index contributed by atoms with van der Waals surface area (Å²) in [4.78, 5) is 16.7. The number of thiazole rings is 1. The SMILES string of the molecule is CC(NC(=O)c1nc2ccc(Cl)cc2s1)c1ccc(C#N)cc1. The van der Waals surface area contributed by atoms with Crippen LogP contribution in [0, 0.1) is 11.3 Å². The van der Waals surface area contributed by atoms with Gasteiger partial charge in [0, 0.05) is 5.02 Å². The Morgan fingerprint density at radius 2 is 2.04 bits per heavy atom. The molecule has 0 aliphatic rings. The van der Waals surface area contributed by atoms with Gasteiger partial charge in [-0.1, -0.05) is 23.7 Å². The lowest BCUT2D eigenvalue weighted by Crippen LogP contribution is -2.26. The molecule has 6 heteroatoms. The zero-order chi connectivity index (χ0) is 16.4. The lowest BCUT2D eigenvalue weighted by molar-refractivity contribution is 0.0939. The van der Waals surface area contributed by atoms with Gasteiger partial charge in [-0.3, -0.25) is 4.79 Å². The topological polar surface area (TPSA) is 65.8 Å². The van der Waals surface area contributed by atoms with Gasteiger partial charge in [0.1, 0.15) is 0 Å². The molecule has 1 heterocycles. The fourth-order valence-corrected chi connectivity index (χ4v) is 3.33. The van der Waals surface area contributed by atoms with Crippen LogP contribution in [0.5, 0.6) is 0 Å². The lowest BCUT2D eigenvalue weighted by atomic mass is 10.1. The van der Waals surface area contributed by atoms with Crippen molar-refractivity contribution in [2.24, 2.45) is 0 Å². The second-order valence-electron chi connectivity index (χ2n) is 5.06. The molecule has 0 aliphatic heterocycles. The number of hydrogen-bond acceptors (Lipinski definition) is 4. The molecule has 0 fully saturated rings. The van der Waals surface area contributed by atoms with E-state index in [0.717, 1.165) is 15.8 Å². The fraction of sp³-hybridized carbons (Fsp3) is 0.118. The van der Waals surface area contributed by atoms with Gasteiger partial charge < -0.3 is 5.32 Å². The lowest BCUT2D eigenvalue weighted by Gasteiger charge is -2.13. The summed E-state index contributed by atoms with van der Waals surface area (Å²) in [5, 5.41) is 12.8. The molecule has 23 heavy (non-hydrogen) atoms. The molecule has 0 saturated heterocycles. The number of nitrogens with one attached hydrogen (secondary N) is 1. The number of aromatic nitrogens is 1. The highest BCUT2D eigenvalue weighted by atomic mass is 35.5. The average Bonchev–Trinajstić information content (AvgIpc) is 2.98. The molecule has 114 valence electrons. The molecule has 0 saturated carbocycles. The maximum absolute atomic E-state index is 12.4. The first-order valence-corrected chi connectivity index (χ1v) is 8.13. The normalized spacial score (nSPS) is 11.9. The van der Waals surface area contributed by atoms with Crippen molar-refractivity contribution in [2.75, 3.05) is 0 Å². The third-order valence-electron chi connectivity index (χ3n) is 3.43. The van der Waals surface area contributed by atoms with Crippen molar-refractivity contribution in [3.05, 3.63) is 63.6 Å². The Hall–Kier alpha value is -2.42. The number of nitriles is 1. The summed E-state index contributed by atoms with van der Waals surface area (Å²) in [6.07, 6.45) is 0. The summed E-state index contributed by atoms with van der Waals surface area (Å²) < 4.78 is 0.883. The Balaban J connectivity index is 1.77. The Morgan fingerprint density at radius 3 is 2.74 bits per heavy atom. The van der Waals surface area contributed by atoms with E-state index in [1.807, 2.05) is 19.1 Å². The van der Waals surface area contributed by atoms with Crippen molar-refractivity contribution in [3.8, 4) is 6.07 Å². The predicted molar refractivity (Wildman–Crippen MR) is 91.7 cm³/mol. The summed E-state index contributed by atoms with van der Waals surface area (Å²) in [7, 11) is 0. The molecule has 0 aliphatic carbocycles. The highest BCUT2D eigenvalue weighted by Gasteiger charge is 2.15. The molecular formula is C17H12ClN3OS. The van der Waals surface area contributed by atoms with E-state index in [-0.39, 0.29) is 11.9 Å². The first-order chi connectivity index (χ1) is 11.1. The third-order valence-corrected chi connectivity index (χ3v) is 4.68. The van der Waals surface area contributed by atoms with Gasteiger partial charge in [-0.15, -0.1) is 11.3 Å². The van der Waals surface area contributed by atoms with E-state index in [2.05, 4.69) is 16.4 Å². The fourth-order valence-electron chi connectivity index (χ4n) is 2.18. The second-order valence-corrected chi connectivity index (χ2v) is 6.53. The summed E-state index contributed by atoms with van der Waals surface area (Å²) in [5.41, 5.74) is 2.28. The van der Waals surface area contributed by atoms with Crippen LogP contribution in [-0.4, -0.2) is 10.9 Å². The predicted octanol–water partition coefficient (Wildman–Crippen LogP) is 4.31. The first kappa shape index (κ1) is 15.5. The van der Waals surface area contributed by atoms with Gasteiger partial charge in [0.05, 0.1) is 27.9 Å². The zero-order valence-electron chi connectivity index (χ0n) is 12.2. The van der Waals surface area contributed by atoms with E-state index in [9.17, 15) is 4.79 Å². The smallest absolute Gasteiger partial charge is 0.280 e. The van der Waals surface area contributed by atoms with E-state index in [1.165, 1.54) is 11.3 Å². The summed E-state index contributed by atoms with van der Waals surface area (Å²) in [5.74, 6) is -0.223. The van der Waals surface area contributed by atoms with Gasteiger partial charge >= 0.3 is 0 Å². The van der Waals surface area contributed by atoms with E-state index in [1.54, 1.807) is 30.3 Å².